The van der Waals surface area contributed by atoms with Crippen LogP contribution < -0.4 is 0 Å². The summed E-state index contributed by atoms with van der Waals surface area (Å²) < 4.78 is 2.55. The molecule has 51 heavy (non-hydrogen) atoms. The van der Waals surface area contributed by atoms with Gasteiger partial charge in [0.15, 0.2) is 0 Å². The first-order chi connectivity index (χ1) is 24.8. The second kappa shape index (κ2) is 9.86. The standard InChI is InChI=1S/C50H37N/c1-49(2)42-19-11-9-15-35(42)37-26-23-31(27-44(37)49)30-21-24-32(25-22-30)51-46-29-45-40(36-16-10-12-20-43(36)50(45,3)4)28-41(46)47-38-17-7-5-13-33(38)34-14-6-8-18-39(34)48(47)51/h5-29H,1-4H3. The predicted octanol–water partition coefficient (Wildman–Crippen LogP) is 13.4. The molecule has 0 unspecified atom stereocenters. The average Bonchev–Trinajstić information content (AvgIpc) is 3.71. The molecule has 0 amide bonds. The molecule has 0 radical (unpaired) electrons. The van der Waals surface area contributed by atoms with Crippen LogP contribution in [0.5, 0.6) is 0 Å². The van der Waals surface area contributed by atoms with Crippen LogP contribution in [0.4, 0.5) is 0 Å². The molecule has 1 aromatic heterocycles. The fourth-order valence-electron chi connectivity index (χ4n) is 9.82. The first-order valence-corrected chi connectivity index (χ1v) is 18.2. The Morgan fingerprint density at radius 2 is 0.882 bits per heavy atom. The lowest BCUT2D eigenvalue weighted by Crippen LogP contribution is -2.15. The van der Waals surface area contributed by atoms with Gasteiger partial charge in [0.2, 0.25) is 0 Å². The smallest absolute Gasteiger partial charge is 0.0625 e. The van der Waals surface area contributed by atoms with Crippen molar-refractivity contribution in [1.29, 1.82) is 0 Å². The predicted molar refractivity (Wildman–Crippen MR) is 216 cm³/mol. The molecule has 1 heterocycles. The van der Waals surface area contributed by atoms with E-state index in [4.69, 9.17) is 0 Å². The van der Waals surface area contributed by atoms with E-state index in [9.17, 15) is 0 Å². The van der Waals surface area contributed by atoms with Crippen LogP contribution in [0.2, 0.25) is 0 Å². The van der Waals surface area contributed by atoms with Crippen molar-refractivity contribution in [2.45, 2.75) is 38.5 Å². The molecular formula is C50H37N. The number of nitrogens with zero attached hydrogens (tertiary/aromatic N) is 1. The number of rotatable bonds is 2. The van der Waals surface area contributed by atoms with Gasteiger partial charge in [0.1, 0.15) is 0 Å². The molecule has 2 aliphatic rings. The van der Waals surface area contributed by atoms with Crippen molar-refractivity contribution in [2.75, 3.05) is 0 Å². The van der Waals surface area contributed by atoms with Crippen molar-refractivity contribution >= 4 is 43.4 Å². The van der Waals surface area contributed by atoms with E-state index in [2.05, 4.69) is 184 Å². The van der Waals surface area contributed by atoms with Crippen molar-refractivity contribution < 1.29 is 0 Å². The summed E-state index contributed by atoms with van der Waals surface area (Å²) in [7, 11) is 0. The highest BCUT2D eigenvalue weighted by atomic mass is 15.0. The topological polar surface area (TPSA) is 4.93 Å². The van der Waals surface area contributed by atoms with E-state index in [1.54, 1.807) is 0 Å². The maximum absolute atomic E-state index is 2.55. The molecule has 0 aliphatic heterocycles. The maximum atomic E-state index is 2.55. The minimum absolute atomic E-state index is 0.0254. The van der Waals surface area contributed by atoms with Crippen molar-refractivity contribution in [3.05, 3.63) is 174 Å². The van der Waals surface area contributed by atoms with Gasteiger partial charge in [0, 0.05) is 32.7 Å². The SMILES string of the molecule is CC1(C)c2ccccc2-c2ccc(-c3ccc(-n4c5cc6c(cc5c5c7ccccc7c7ccccc7c54)-c4ccccc4C6(C)C)cc3)cc21. The molecule has 0 N–H and O–H groups in total. The van der Waals surface area contributed by atoms with Gasteiger partial charge in [-0.1, -0.05) is 149 Å². The summed E-state index contributed by atoms with van der Waals surface area (Å²) in [5.74, 6) is 0. The van der Waals surface area contributed by atoms with Gasteiger partial charge in [-0.3, -0.25) is 0 Å². The molecule has 0 atom stereocenters. The third kappa shape index (κ3) is 3.71. The molecule has 2 aliphatic carbocycles. The summed E-state index contributed by atoms with van der Waals surface area (Å²) in [5, 5.41) is 7.82. The minimum atomic E-state index is -0.0869. The second-order valence-electron chi connectivity index (χ2n) is 15.7. The Morgan fingerprint density at radius 1 is 0.373 bits per heavy atom. The van der Waals surface area contributed by atoms with Gasteiger partial charge in [-0.15, -0.1) is 0 Å². The van der Waals surface area contributed by atoms with Crippen LogP contribution >= 0.6 is 0 Å². The molecule has 0 saturated heterocycles. The average molecular weight is 652 g/mol. The third-order valence-electron chi connectivity index (χ3n) is 12.4. The molecule has 9 aromatic rings. The number of fused-ring (bicyclic) bond motifs is 14. The largest absolute Gasteiger partial charge is 0.309 e. The lowest BCUT2D eigenvalue weighted by molar-refractivity contribution is 0.660. The van der Waals surface area contributed by atoms with Crippen LogP contribution in [0.15, 0.2) is 152 Å². The van der Waals surface area contributed by atoms with E-state index < -0.39 is 0 Å². The molecule has 11 rings (SSSR count). The van der Waals surface area contributed by atoms with Gasteiger partial charge in [-0.05, 0) is 102 Å². The highest BCUT2D eigenvalue weighted by Gasteiger charge is 2.37. The number of hydrogen-bond donors (Lipinski definition) is 0. The summed E-state index contributed by atoms with van der Waals surface area (Å²) >= 11 is 0. The minimum Gasteiger partial charge on any atom is -0.309 e. The van der Waals surface area contributed by atoms with Crippen LogP contribution in [0.25, 0.3) is 82.4 Å². The Hall–Kier alpha value is -5.92. The van der Waals surface area contributed by atoms with Crippen LogP contribution in [-0.2, 0) is 10.8 Å². The lowest BCUT2D eigenvalue weighted by Gasteiger charge is -2.22. The van der Waals surface area contributed by atoms with Crippen molar-refractivity contribution in [3.63, 3.8) is 0 Å². The van der Waals surface area contributed by atoms with Gasteiger partial charge in [-0.25, -0.2) is 0 Å². The van der Waals surface area contributed by atoms with Crippen LogP contribution in [0.3, 0.4) is 0 Å². The molecule has 0 saturated carbocycles. The lowest BCUT2D eigenvalue weighted by atomic mass is 9.81. The normalized spacial score (nSPS) is 15.0. The van der Waals surface area contributed by atoms with Crippen LogP contribution in [-0.4, -0.2) is 4.57 Å². The zero-order chi connectivity index (χ0) is 34.2. The van der Waals surface area contributed by atoms with Crippen molar-refractivity contribution in [3.8, 4) is 39.1 Å². The number of benzene rings is 8. The monoisotopic (exact) mass is 651 g/mol. The Labute approximate surface area is 298 Å². The summed E-state index contributed by atoms with van der Waals surface area (Å²) in [6.07, 6.45) is 0. The first-order valence-electron chi connectivity index (χ1n) is 18.2. The highest BCUT2D eigenvalue weighted by molar-refractivity contribution is 6.32. The molecule has 8 aromatic carbocycles. The van der Waals surface area contributed by atoms with E-state index in [1.807, 2.05) is 0 Å². The Balaban J connectivity index is 1.17. The first kappa shape index (κ1) is 28.9. The van der Waals surface area contributed by atoms with E-state index in [0.717, 1.165) is 0 Å². The van der Waals surface area contributed by atoms with Gasteiger partial charge < -0.3 is 4.57 Å². The summed E-state index contributed by atoms with van der Waals surface area (Å²) in [4.78, 5) is 0. The summed E-state index contributed by atoms with van der Waals surface area (Å²) in [6.45, 7) is 9.48. The molecule has 0 fully saturated rings. The van der Waals surface area contributed by atoms with E-state index in [0.29, 0.717) is 0 Å². The Morgan fingerprint density at radius 3 is 1.57 bits per heavy atom. The van der Waals surface area contributed by atoms with Gasteiger partial charge in [0.25, 0.3) is 0 Å². The molecular weight excluding hydrogens is 615 g/mol. The van der Waals surface area contributed by atoms with Gasteiger partial charge in [-0.2, -0.15) is 0 Å². The molecule has 242 valence electrons. The van der Waals surface area contributed by atoms with E-state index >= 15 is 0 Å². The molecule has 1 nitrogen and oxygen atoms in total. The van der Waals surface area contributed by atoms with Crippen LogP contribution in [0, 0.1) is 0 Å². The summed E-state index contributed by atoms with van der Waals surface area (Å²) in [6, 6.07) is 57.2. The number of hydrogen-bond acceptors (Lipinski definition) is 0. The molecule has 0 bridgehead atoms. The fourth-order valence-corrected chi connectivity index (χ4v) is 9.82. The Bertz CT molecular complexity index is 2950. The van der Waals surface area contributed by atoms with E-state index in [-0.39, 0.29) is 10.8 Å². The van der Waals surface area contributed by atoms with Crippen LogP contribution in [0.1, 0.15) is 49.9 Å². The van der Waals surface area contributed by atoms with Gasteiger partial charge in [0.05, 0.1) is 11.0 Å². The zero-order valence-electron chi connectivity index (χ0n) is 29.4. The van der Waals surface area contributed by atoms with Crippen molar-refractivity contribution in [2.24, 2.45) is 0 Å². The summed E-state index contributed by atoms with van der Waals surface area (Å²) in [5.41, 5.74) is 17.2. The molecule has 1 heteroatoms. The highest BCUT2D eigenvalue weighted by Crippen LogP contribution is 2.53. The third-order valence-corrected chi connectivity index (χ3v) is 12.4. The quantitative estimate of drug-likeness (QED) is 0.164. The second-order valence-corrected chi connectivity index (χ2v) is 15.7. The maximum Gasteiger partial charge on any atom is 0.0625 e. The Kier molecular flexibility index (Phi) is 5.58. The fraction of sp³-hybridized carbons (Fsp3) is 0.120. The molecule has 0 spiro atoms. The van der Waals surface area contributed by atoms with E-state index in [1.165, 1.54) is 105 Å². The van der Waals surface area contributed by atoms with Crippen molar-refractivity contribution in [1.82, 2.24) is 4.57 Å². The van der Waals surface area contributed by atoms with Gasteiger partial charge >= 0.3 is 0 Å². The zero-order valence-corrected chi connectivity index (χ0v) is 29.4. The number of aromatic nitrogens is 1.